The number of aliphatic carboxylic acids is 2. The third kappa shape index (κ3) is 9.97. The van der Waals surface area contributed by atoms with Crippen LogP contribution in [0.1, 0.15) is 54.9 Å². The van der Waals surface area contributed by atoms with Gasteiger partial charge in [0.15, 0.2) is 11.6 Å². The fourth-order valence-corrected chi connectivity index (χ4v) is 5.07. The predicted octanol–water partition coefficient (Wildman–Crippen LogP) is 2.82. The zero-order valence-electron chi connectivity index (χ0n) is 26.1. The molecule has 3 aromatic heterocycles. The molecule has 1 aromatic carbocycles. The number of carbonyl (C=O) groups is 3. The summed E-state index contributed by atoms with van der Waals surface area (Å²) in [6.07, 6.45) is 6.43. The van der Waals surface area contributed by atoms with Gasteiger partial charge in [0.2, 0.25) is 0 Å². The number of hydrogen-bond donors (Lipinski definition) is 4. The van der Waals surface area contributed by atoms with Crippen molar-refractivity contribution in [2.45, 2.75) is 52.2 Å². The molecule has 0 bridgehead atoms. The second-order valence-electron chi connectivity index (χ2n) is 11.1. The summed E-state index contributed by atoms with van der Waals surface area (Å²) in [5, 5.41) is 30.4. The lowest BCUT2D eigenvalue weighted by Crippen LogP contribution is -2.34. The summed E-state index contributed by atoms with van der Waals surface area (Å²) in [6, 6.07) is 16.4. The summed E-state index contributed by atoms with van der Waals surface area (Å²) in [5.41, 5.74) is 8.36. The number of pyridine rings is 1. The lowest BCUT2D eigenvalue weighted by Gasteiger charge is -2.27. The first-order valence-corrected chi connectivity index (χ1v) is 15.2. The number of hydrogen-bond acceptors (Lipinski definition) is 9. The average Bonchev–Trinajstić information content (AvgIpc) is 3.69. The Kier molecular flexibility index (Phi) is 12.0. The van der Waals surface area contributed by atoms with E-state index >= 15 is 0 Å². The van der Waals surface area contributed by atoms with Gasteiger partial charge in [0.25, 0.3) is 5.91 Å². The molecule has 1 amide bonds. The van der Waals surface area contributed by atoms with Crippen LogP contribution in [0.2, 0.25) is 0 Å². The third-order valence-electron chi connectivity index (χ3n) is 7.48. The van der Waals surface area contributed by atoms with E-state index in [9.17, 15) is 14.4 Å². The third-order valence-corrected chi connectivity index (χ3v) is 7.48. The van der Waals surface area contributed by atoms with Gasteiger partial charge in [-0.05, 0) is 74.8 Å². The molecule has 1 atom stereocenters. The first kappa shape index (κ1) is 33.8. The van der Waals surface area contributed by atoms with Crippen molar-refractivity contribution in [3.05, 3.63) is 83.9 Å². The highest BCUT2D eigenvalue weighted by Gasteiger charge is 2.17. The number of anilines is 1. The number of nitrogens with two attached hydrogens (primary N) is 1. The molecule has 14 heteroatoms. The molecule has 3 heterocycles. The summed E-state index contributed by atoms with van der Waals surface area (Å²) in [5.74, 6) is -1.17. The van der Waals surface area contributed by atoms with Crippen molar-refractivity contribution in [2.24, 2.45) is 0 Å². The monoisotopic (exact) mass is 631 g/mol. The summed E-state index contributed by atoms with van der Waals surface area (Å²) >= 11 is 0. The fraction of sp³-hybridized carbons (Fsp3) is 0.375. The van der Waals surface area contributed by atoms with Crippen LogP contribution in [-0.4, -0.2) is 94.6 Å². The van der Waals surface area contributed by atoms with E-state index < -0.39 is 25.0 Å². The van der Waals surface area contributed by atoms with Crippen molar-refractivity contribution in [3.63, 3.8) is 0 Å². The van der Waals surface area contributed by atoms with Crippen LogP contribution in [0.5, 0.6) is 0 Å². The Morgan fingerprint density at radius 2 is 1.46 bits per heavy atom. The van der Waals surface area contributed by atoms with Gasteiger partial charge >= 0.3 is 11.9 Å². The van der Waals surface area contributed by atoms with E-state index in [1.54, 1.807) is 52.0 Å². The smallest absolute Gasteiger partial charge is 0.317 e. The average molecular weight is 632 g/mol. The van der Waals surface area contributed by atoms with Gasteiger partial charge in [-0.1, -0.05) is 19.4 Å². The maximum atomic E-state index is 12.3. The fourth-order valence-electron chi connectivity index (χ4n) is 5.07. The Morgan fingerprint density at radius 1 is 0.870 bits per heavy atom. The first-order valence-electron chi connectivity index (χ1n) is 15.2. The number of nitrogens with zero attached hydrogens (tertiary/aromatic N) is 7. The van der Waals surface area contributed by atoms with E-state index in [1.165, 1.54) is 4.90 Å². The zero-order chi connectivity index (χ0) is 33.1. The molecule has 0 radical (unpaired) electrons. The number of aromatic nitrogens is 5. The zero-order valence-corrected chi connectivity index (χ0v) is 26.1. The Morgan fingerprint density at radius 3 is 2.02 bits per heavy atom. The maximum Gasteiger partial charge on any atom is 0.317 e. The summed E-state index contributed by atoms with van der Waals surface area (Å²) in [4.78, 5) is 42.9. The van der Waals surface area contributed by atoms with Gasteiger partial charge in [-0.15, -0.1) is 0 Å². The molecule has 0 saturated heterocycles. The molecular formula is C32H41N9O5. The molecule has 4 rings (SSSR count). The van der Waals surface area contributed by atoms with Crippen molar-refractivity contribution in [1.29, 1.82) is 0 Å². The minimum atomic E-state index is -1.11. The molecule has 0 spiro atoms. The highest BCUT2D eigenvalue weighted by atomic mass is 16.4. The summed E-state index contributed by atoms with van der Waals surface area (Å²) in [6.45, 7) is 5.76. The molecule has 14 nitrogen and oxygen atoms in total. The summed E-state index contributed by atoms with van der Waals surface area (Å²) in [7, 11) is 0. The molecule has 0 aliphatic heterocycles. The largest absolute Gasteiger partial charge is 0.480 e. The standard InChI is InChI=1S/C32H41N9O5/c1-3-39(23(2)7-4-5-16-34-32(46)24-10-12-25(33)13-11-24)20-27-15-18-41(37-27)29-9-6-8-28(35-29)40-17-14-26(36-40)19-38(21-30(42)43)22-31(44)45/h6,8-15,17-18,23H,3-5,7,16,19-22,33H2,1-2H3,(H,34,46)(H,42,43)(H,44,45). The van der Waals surface area contributed by atoms with E-state index in [1.807, 2.05) is 24.4 Å². The minimum Gasteiger partial charge on any atom is -0.480 e. The number of rotatable bonds is 18. The number of amides is 1. The number of carboxylic acids is 2. The van der Waals surface area contributed by atoms with Crippen molar-refractivity contribution in [3.8, 4) is 11.6 Å². The molecular weight excluding hydrogens is 590 g/mol. The van der Waals surface area contributed by atoms with Gasteiger partial charge in [0.1, 0.15) is 0 Å². The Hall–Kier alpha value is -5.08. The van der Waals surface area contributed by atoms with Gasteiger partial charge in [-0.25, -0.2) is 14.3 Å². The maximum absolute atomic E-state index is 12.3. The molecule has 0 aliphatic carbocycles. The Balaban J connectivity index is 1.29. The second kappa shape index (κ2) is 16.3. The number of unbranched alkanes of at least 4 members (excludes halogenated alkanes) is 1. The molecule has 1 unspecified atom stereocenters. The van der Waals surface area contributed by atoms with E-state index in [2.05, 4.69) is 29.2 Å². The predicted molar refractivity (Wildman–Crippen MR) is 172 cm³/mol. The number of benzene rings is 1. The molecule has 0 saturated carbocycles. The van der Waals surface area contributed by atoms with Crippen LogP contribution in [0.4, 0.5) is 5.69 Å². The Labute approximate surface area is 267 Å². The van der Waals surface area contributed by atoms with E-state index in [0.717, 1.165) is 31.5 Å². The van der Waals surface area contributed by atoms with Gasteiger partial charge in [0.05, 0.1) is 24.5 Å². The normalized spacial score (nSPS) is 12.0. The van der Waals surface area contributed by atoms with Crippen molar-refractivity contribution >= 4 is 23.5 Å². The quantitative estimate of drug-likeness (QED) is 0.0935. The second-order valence-corrected chi connectivity index (χ2v) is 11.1. The van der Waals surface area contributed by atoms with Crippen LogP contribution in [0.3, 0.4) is 0 Å². The molecule has 5 N–H and O–H groups in total. The van der Waals surface area contributed by atoms with Crippen LogP contribution in [-0.2, 0) is 22.7 Å². The Bertz CT molecular complexity index is 1590. The van der Waals surface area contributed by atoms with E-state index in [-0.39, 0.29) is 12.5 Å². The molecule has 4 aromatic rings. The highest BCUT2D eigenvalue weighted by Crippen LogP contribution is 2.15. The number of carbonyl (C=O) groups excluding carboxylic acids is 1. The first-order chi connectivity index (χ1) is 22.1. The lowest BCUT2D eigenvalue weighted by atomic mass is 10.1. The van der Waals surface area contributed by atoms with Gasteiger partial charge < -0.3 is 21.3 Å². The summed E-state index contributed by atoms with van der Waals surface area (Å²) < 4.78 is 3.28. The van der Waals surface area contributed by atoms with Crippen LogP contribution in [0.15, 0.2) is 67.0 Å². The van der Waals surface area contributed by atoms with E-state index in [4.69, 9.17) is 26.0 Å². The van der Waals surface area contributed by atoms with Crippen LogP contribution in [0, 0.1) is 0 Å². The van der Waals surface area contributed by atoms with Gasteiger partial charge in [-0.3, -0.25) is 24.2 Å². The van der Waals surface area contributed by atoms with Crippen LogP contribution < -0.4 is 11.1 Å². The number of nitrogen functional groups attached to an aromatic ring is 1. The SMILES string of the molecule is CCN(Cc1ccn(-c2cccc(-n3ccc(CN(CC(=O)O)CC(=O)O)n3)n2)n1)C(C)CCCCNC(=O)c1ccc(N)cc1. The molecule has 0 aliphatic rings. The van der Waals surface area contributed by atoms with Crippen molar-refractivity contribution < 1.29 is 24.6 Å². The topological polar surface area (TPSA) is 185 Å². The molecule has 46 heavy (non-hydrogen) atoms. The van der Waals surface area contributed by atoms with E-state index in [0.29, 0.717) is 47.7 Å². The number of nitrogens with one attached hydrogen (secondary N) is 1. The molecule has 244 valence electrons. The van der Waals surface area contributed by atoms with Crippen LogP contribution >= 0.6 is 0 Å². The lowest BCUT2D eigenvalue weighted by molar-refractivity contribution is -0.142. The minimum absolute atomic E-state index is 0.0707. The number of carboxylic acid groups (broad SMARTS) is 2. The van der Waals surface area contributed by atoms with Gasteiger partial charge in [-0.2, -0.15) is 10.2 Å². The molecule has 0 fully saturated rings. The highest BCUT2D eigenvalue weighted by molar-refractivity contribution is 5.94. The van der Waals surface area contributed by atoms with Crippen LogP contribution in [0.25, 0.3) is 11.6 Å². The van der Waals surface area contributed by atoms with Crippen molar-refractivity contribution in [2.75, 3.05) is 31.9 Å². The van der Waals surface area contributed by atoms with Gasteiger partial charge in [0, 0.05) is 49.3 Å². The van der Waals surface area contributed by atoms with Crippen molar-refractivity contribution in [1.82, 2.24) is 39.7 Å².